The summed E-state index contributed by atoms with van der Waals surface area (Å²) in [7, 11) is 0. The van der Waals surface area contributed by atoms with Gasteiger partial charge in [-0.05, 0) is 44.0 Å². The first-order chi connectivity index (χ1) is 9.19. The smallest absolute Gasteiger partial charge is 0.121 e. The van der Waals surface area contributed by atoms with E-state index in [0.29, 0.717) is 6.04 Å². The van der Waals surface area contributed by atoms with Crippen LogP contribution in [0.15, 0.2) is 24.3 Å². The molecule has 1 aliphatic rings. The van der Waals surface area contributed by atoms with E-state index in [-0.39, 0.29) is 6.10 Å². The molecule has 0 radical (unpaired) electrons. The Bertz CT molecular complexity index is 392. The third-order valence-electron chi connectivity index (χ3n) is 3.96. The largest absolute Gasteiger partial charge is 0.489 e. The number of nitrogens with one attached hydrogen (secondary N) is 1. The van der Waals surface area contributed by atoms with Crippen LogP contribution in [0.5, 0.6) is 5.75 Å². The normalized spacial score (nSPS) is 18.7. The van der Waals surface area contributed by atoms with Gasteiger partial charge in [-0.2, -0.15) is 0 Å². The predicted octanol–water partition coefficient (Wildman–Crippen LogP) is 4.28. The van der Waals surface area contributed by atoms with Crippen LogP contribution < -0.4 is 10.1 Å². The number of halogens is 1. The lowest BCUT2D eigenvalue weighted by molar-refractivity contribution is 0.138. The highest BCUT2D eigenvalue weighted by molar-refractivity contribution is 6.30. The van der Waals surface area contributed by atoms with Crippen molar-refractivity contribution >= 4 is 11.6 Å². The minimum atomic E-state index is 0.166. The Kier molecular flexibility index (Phi) is 5.53. The SMILES string of the molecule is CCNC(CC1CCC1)C(C)Oc1cccc(Cl)c1. The highest BCUT2D eigenvalue weighted by atomic mass is 35.5. The summed E-state index contributed by atoms with van der Waals surface area (Å²) in [5.74, 6) is 1.74. The predicted molar refractivity (Wildman–Crippen MR) is 81.0 cm³/mol. The van der Waals surface area contributed by atoms with Gasteiger partial charge in [0.1, 0.15) is 11.9 Å². The Morgan fingerprint density at radius 2 is 2.21 bits per heavy atom. The van der Waals surface area contributed by atoms with E-state index in [1.807, 2.05) is 24.3 Å². The summed E-state index contributed by atoms with van der Waals surface area (Å²) in [5, 5.41) is 4.28. The van der Waals surface area contributed by atoms with E-state index in [4.69, 9.17) is 16.3 Å². The van der Waals surface area contributed by atoms with Crippen LogP contribution in [0.4, 0.5) is 0 Å². The number of likely N-dealkylation sites (N-methyl/N-ethyl adjacent to an activating group) is 1. The van der Waals surface area contributed by atoms with Gasteiger partial charge in [-0.25, -0.2) is 0 Å². The summed E-state index contributed by atoms with van der Waals surface area (Å²) in [6.07, 6.45) is 5.54. The van der Waals surface area contributed by atoms with Crippen molar-refractivity contribution in [2.75, 3.05) is 6.54 Å². The van der Waals surface area contributed by atoms with Crippen molar-refractivity contribution in [3.63, 3.8) is 0 Å². The molecular weight excluding hydrogens is 258 g/mol. The van der Waals surface area contributed by atoms with E-state index in [2.05, 4.69) is 19.2 Å². The third-order valence-corrected chi connectivity index (χ3v) is 4.20. The van der Waals surface area contributed by atoms with Crippen LogP contribution in [-0.2, 0) is 0 Å². The molecule has 1 aromatic carbocycles. The molecule has 1 saturated carbocycles. The van der Waals surface area contributed by atoms with Crippen LogP contribution in [0.3, 0.4) is 0 Å². The fraction of sp³-hybridized carbons (Fsp3) is 0.625. The van der Waals surface area contributed by atoms with Crippen molar-refractivity contribution in [3.05, 3.63) is 29.3 Å². The number of ether oxygens (including phenoxy) is 1. The highest BCUT2D eigenvalue weighted by Gasteiger charge is 2.26. The zero-order valence-corrected chi connectivity index (χ0v) is 12.6. The van der Waals surface area contributed by atoms with E-state index in [9.17, 15) is 0 Å². The van der Waals surface area contributed by atoms with E-state index in [1.165, 1.54) is 25.7 Å². The lowest BCUT2D eigenvalue weighted by Crippen LogP contribution is -2.43. The van der Waals surface area contributed by atoms with Crippen molar-refractivity contribution in [3.8, 4) is 5.75 Å². The molecule has 1 aliphatic carbocycles. The van der Waals surface area contributed by atoms with Crippen LogP contribution >= 0.6 is 11.6 Å². The molecule has 2 atom stereocenters. The van der Waals surface area contributed by atoms with Gasteiger partial charge in [0.25, 0.3) is 0 Å². The molecule has 3 heteroatoms. The molecule has 1 fully saturated rings. The van der Waals surface area contributed by atoms with Crippen LogP contribution in [0.2, 0.25) is 5.02 Å². The van der Waals surface area contributed by atoms with E-state index in [0.717, 1.165) is 23.2 Å². The summed E-state index contributed by atoms with van der Waals surface area (Å²) < 4.78 is 6.03. The van der Waals surface area contributed by atoms with E-state index >= 15 is 0 Å². The molecule has 0 bridgehead atoms. The molecule has 0 aliphatic heterocycles. The van der Waals surface area contributed by atoms with Crippen LogP contribution in [-0.4, -0.2) is 18.7 Å². The number of rotatable bonds is 7. The van der Waals surface area contributed by atoms with Crippen molar-refractivity contribution in [2.24, 2.45) is 5.92 Å². The maximum absolute atomic E-state index is 6.03. The van der Waals surface area contributed by atoms with Gasteiger partial charge in [-0.15, -0.1) is 0 Å². The summed E-state index contributed by atoms with van der Waals surface area (Å²) in [5.41, 5.74) is 0. The second kappa shape index (κ2) is 7.16. The maximum atomic E-state index is 6.03. The van der Waals surface area contributed by atoms with Crippen LogP contribution in [0.25, 0.3) is 0 Å². The molecule has 0 saturated heterocycles. The summed E-state index contributed by atoms with van der Waals surface area (Å²) in [6, 6.07) is 8.07. The van der Waals surface area contributed by atoms with E-state index < -0.39 is 0 Å². The first-order valence-corrected chi connectivity index (χ1v) is 7.72. The summed E-state index contributed by atoms with van der Waals surface area (Å²) in [4.78, 5) is 0. The molecular formula is C16H24ClNO. The Morgan fingerprint density at radius 1 is 1.42 bits per heavy atom. The average Bonchev–Trinajstić information content (AvgIpc) is 2.32. The molecule has 0 aromatic heterocycles. The van der Waals surface area contributed by atoms with Crippen LogP contribution in [0, 0.1) is 5.92 Å². The standard InChI is InChI=1S/C16H24ClNO/c1-3-18-16(10-13-6-4-7-13)12(2)19-15-9-5-8-14(17)11-15/h5,8-9,11-13,16,18H,3-4,6-7,10H2,1-2H3. The zero-order chi connectivity index (χ0) is 13.7. The van der Waals surface area contributed by atoms with Gasteiger partial charge in [0.05, 0.1) is 0 Å². The monoisotopic (exact) mass is 281 g/mol. The molecule has 0 amide bonds. The molecule has 0 heterocycles. The van der Waals surface area contributed by atoms with E-state index in [1.54, 1.807) is 0 Å². The first kappa shape index (κ1) is 14.7. The lowest BCUT2D eigenvalue weighted by Gasteiger charge is -2.33. The van der Waals surface area contributed by atoms with Gasteiger partial charge in [0.2, 0.25) is 0 Å². The Labute approximate surface area is 121 Å². The average molecular weight is 282 g/mol. The number of hydrogen-bond donors (Lipinski definition) is 1. The second-order valence-corrected chi connectivity index (χ2v) is 5.91. The fourth-order valence-corrected chi connectivity index (χ4v) is 2.81. The van der Waals surface area contributed by atoms with Crippen molar-refractivity contribution in [2.45, 2.75) is 51.7 Å². The molecule has 1 N–H and O–H groups in total. The third kappa shape index (κ3) is 4.39. The minimum Gasteiger partial charge on any atom is -0.489 e. The highest BCUT2D eigenvalue weighted by Crippen LogP contribution is 2.31. The Hall–Kier alpha value is -0.730. The molecule has 0 spiro atoms. The van der Waals surface area contributed by atoms with Gasteiger partial charge in [0.15, 0.2) is 0 Å². The topological polar surface area (TPSA) is 21.3 Å². The molecule has 2 nitrogen and oxygen atoms in total. The van der Waals surface area contributed by atoms with Crippen molar-refractivity contribution in [1.82, 2.24) is 5.32 Å². The molecule has 106 valence electrons. The zero-order valence-electron chi connectivity index (χ0n) is 11.9. The second-order valence-electron chi connectivity index (χ2n) is 5.48. The maximum Gasteiger partial charge on any atom is 0.121 e. The van der Waals surface area contributed by atoms with Gasteiger partial charge in [-0.1, -0.05) is 43.9 Å². The Morgan fingerprint density at radius 3 is 2.79 bits per heavy atom. The molecule has 2 unspecified atom stereocenters. The summed E-state index contributed by atoms with van der Waals surface area (Å²) >= 11 is 5.99. The van der Waals surface area contributed by atoms with Crippen LogP contribution in [0.1, 0.15) is 39.5 Å². The molecule has 19 heavy (non-hydrogen) atoms. The number of benzene rings is 1. The Balaban J connectivity index is 1.91. The lowest BCUT2D eigenvalue weighted by atomic mass is 9.80. The quantitative estimate of drug-likeness (QED) is 0.806. The van der Waals surface area contributed by atoms with Gasteiger partial charge >= 0.3 is 0 Å². The number of hydrogen-bond acceptors (Lipinski definition) is 2. The van der Waals surface area contributed by atoms with Gasteiger partial charge in [0, 0.05) is 11.1 Å². The molecule has 2 rings (SSSR count). The van der Waals surface area contributed by atoms with Gasteiger partial charge < -0.3 is 10.1 Å². The van der Waals surface area contributed by atoms with Gasteiger partial charge in [-0.3, -0.25) is 0 Å². The molecule has 1 aromatic rings. The van der Waals surface area contributed by atoms with Crippen molar-refractivity contribution < 1.29 is 4.74 Å². The summed E-state index contributed by atoms with van der Waals surface area (Å²) in [6.45, 7) is 5.29. The first-order valence-electron chi connectivity index (χ1n) is 7.34. The van der Waals surface area contributed by atoms with Crippen molar-refractivity contribution in [1.29, 1.82) is 0 Å². The minimum absolute atomic E-state index is 0.166. The fourth-order valence-electron chi connectivity index (χ4n) is 2.63.